The van der Waals surface area contributed by atoms with Gasteiger partial charge in [-0.1, -0.05) is 0 Å². The van der Waals surface area contributed by atoms with Gasteiger partial charge in [-0.15, -0.1) is 0 Å². The molecule has 2 heterocycles. The first-order valence-electron chi connectivity index (χ1n) is 7.28. The van der Waals surface area contributed by atoms with Crippen LogP contribution in [0.15, 0.2) is 10.9 Å². The highest BCUT2D eigenvalue weighted by molar-refractivity contribution is 5.40. The van der Waals surface area contributed by atoms with Crippen molar-refractivity contribution in [1.29, 1.82) is 0 Å². The lowest BCUT2D eigenvalue weighted by molar-refractivity contribution is 0.372. The molecule has 2 fully saturated rings. The largest absolute Gasteiger partial charge is 0.353 e. The van der Waals surface area contributed by atoms with Crippen LogP contribution >= 0.6 is 0 Å². The fourth-order valence-corrected chi connectivity index (χ4v) is 2.87. The summed E-state index contributed by atoms with van der Waals surface area (Å²) in [5.74, 6) is 2.30. The average Bonchev–Trinajstić information content (AvgIpc) is 3.20. The van der Waals surface area contributed by atoms with Gasteiger partial charge in [0, 0.05) is 18.7 Å². The van der Waals surface area contributed by atoms with E-state index in [1.807, 2.05) is 6.92 Å². The number of aromatic nitrogens is 2. The maximum absolute atomic E-state index is 11.6. The van der Waals surface area contributed by atoms with Crippen LogP contribution in [0, 0.1) is 12.8 Å². The second kappa shape index (κ2) is 5.33. The Hall–Kier alpha value is -1.36. The molecule has 0 bridgehead atoms. The van der Waals surface area contributed by atoms with Crippen molar-refractivity contribution in [2.75, 3.05) is 24.5 Å². The Labute approximate surface area is 113 Å². The van der Waals surface area contributed by atoms with E-state index in [-0.39, 0.29) is 5.56 Å². The van der Waals surface area contributed by atoms with Gasteiger partial charge < -0.3 is 15.2 Å². The first-order valence-corrected chi connectivity index (χ1v) is 7.28. The minimum atomic E-state index is -0.0431. The summed E-state index contributed by atoms with van der Waals surface area (Å²) in [5.41, 5.74) is -0.0431. The van der Waals surface area contributed by atoms with Gasteiger partial charge in [-0.2, -0.15) is 0 Å². The molecule has 1 aromatic rings. The van der Waals surface area contributed by atoms with Gasteiger partial charge in [-0.25, -0.2) is 4.98 Å². The van der Waals surface area contributed by atoms with Gasteiger partial charge in [0.15, 0.2) is 0 Å². The average molecular weight is 262 g/mol. The molecule has 0 atom stereocenters. The van der Waals surface area contributed by atoms with E-state index >= 15 is 0 Å². The molecule has 19 heavy (non-hydrogen) atoms. The van der Waals surface area contributed by atoms with Crippen molar-refractivity contribution in [2.45, 2.75) is 38.6 Å². The third-order valence-electron chi connectivity index (χ3n) is 4.04. The zero-order valence-corrected chi connectivity index (χ0v) is 11.5. The molecule has 5 nitrogen and oxygen atoms in total. The van der Waals surface area contributed by atoms with Crippen molar-refractivity contribution < 1.29 is 0 Å². The SMILES string of the molecule is Cc1nc(N(CC2CCNCC2)C2CC2)cc(=O)[nH]1. The number of hydrogen-bond donors (Lipinski definition) is 2. The second-order valence-electron chi connectivity index (χ2n) is 5.77. The van der Waals surface area contributed by atoms with Gasteiger partial charge in [0.25, 0.3) is 5.56 Å². The van der Waals surface area contributed by atoms with Crippen molar-refractivity contribution in [1.82, 2.24) is 15.3 Å². The Morgan fingerprint density at radius 3 is 2.68 bits per heavy atom. The van der Waals surface area contributed by atoms with Crippen molar-refractivity contribution in [3.05, 3.63) is 22.2 Å². The van der Waals surface area contributed by atoms with Crippen LogP contribution in [0.5, 0.6) is 0 Å². The molecule has 1 saturated carbocycles. The molecule has 0 aromatic carbocycles. The lowest BCUT2D eigenvalue weighted by atomic mass is 9.97. The van der Waals surface area contributed by atoms with E-state index in [2.05, 4.69) is 20.2 Å². The zero-order valence-electron chi connectivity index (χ0n) is 11.5. The van der Waals surface area contributed by atoms with Gasteiger partial charge in [-0.3, -0.25) is 4.79 Å². The van der Waals surface area contributed by atoms with Crippen LogP contribution in [0.4, 0.5) is 5.82 Å². The van der Waals surface area contributed by atoms with Crippen LogP contribution in [0.1, 0.15) is 31.5 Å². The molecule has 2 N–H and O–H groups in total. The normalized spacial score (nSPS) is 20.5. The van der Waals surface area contributed by atoms with Crippen LogP contribution < -0.4 is 15.8 Å². The smallest absolute Gasteiger partial charge is 0.252 e. The summed E-state index contributed by atoms with van der Waals surface area (Å²) in [4.78, 5) is 21.2. The van der Waals surface area contributed by atoms with Crippen molar-refractivity contribution >= 4 is 5.82 Å². The van der Waals surface area contributed by atoms with E-state index in [0.717, 1.165) is 31.4 Å². The van der Waals surface area contributed by atoms with Crippen LogP contribution in [-0.2, 0) is 0 Å². The van der Waals surface area contributed by atoms with E-state index in [0.29, 0.717) is 11.9 Å². The minimum Gasteiger partial charge on any atom is -0.353 e. The first-order chi connectivity index (χ1) is 9.22. The number of nitrogens with one attached hydrogen (secondary N) is 2. The molecule has 0 unspecified atom stereocenters. The van der Waals surface area contributed by atoms with Gasteiger partial charge in [0.05, 0.1) is 0 Å². The number of anilines is 1. The number of H-pyrrole nitrogens is 1. The third kappa shape index (κ3) is 3.15. The Balaban J connectivity index is 1.77. The number of aryl methyl sites for hydroxylation is 1. The molecular formula is C14H22N4O. The van der Waals surface area contributed by atoms with Gasteiger partial charge >= 0.3 is 0 Å². The van der Waals surface area contributed by atoms with Gasteiger partial charge in [-0.05, 0) is 51.6 Å². The van der Waals surface area contributed by atoms with E-state index in [4.69, 9.17) is 0 Å². The minimum absolute atomic E-state index is 0.0431. The van der Waals surface area contributed by atoms with Crippen molar-refractivity contribution in [3.63, 3.8) is 0 Å². The number of hydrogen-bond acceptors (Lipinski definition) is 4. The van der Waals surface area contributed by atoms with Crippen molar-refractivity contribution in [2.24, 2.45) is 5.92 Å². The Morgan fingerprint density at radius 2 is 2.05 bits per heavy atom. The molecule has 3 rings (SSSR count). The standard InChI is InChI=1S/C14H22N4O/c1-10-16-13(8-14(19)17-10)18(12-2-3-12)9-11-4-6-15-7-5-11/h8,11-12,15H,2-7,9H2,1H3,(H,16,17,19). The van der Waals surface area contributed by atoms with E-state index < -0.39 is 0 Å². The highest BCUT2D eigenvalue weighted by atomic mass is 16.1. The molecule has 104 valence electrons. The van der Waals surface area contributed by atoms with Gasteiger partial charge in [0.2, 0.25) is 0 Å². The summed E-state index contributed by atoms with van der Waals surface area (Å²) in [6.45, 7) is 5.12. The topological polar surface area (TPSA) is 61.0 Å². The Morgan fingerprint density at radius 1 is 1.32 bits per heavy atom. The van der Waals surface area contributed by atoms with Crippen molar-refractivity contribution in [3.8, 4) is 0 Å². The molecule has 2 aliphatic rings. The molecule has 1 aromatic heterocycles. The number of nitrogens with zero attached hydrogens (tertiary/aromatic N) is 2. The summed E-state index contributed by atoms with van der Waals surface area (Å²) < 4.78 is 0. The monoisotopic (exact) mass is 262 g/mol. The lowest BCUT2D eigenvalue weighted by Crippen LogP contribution is -2.38. The van der Waals surface area contributed by atoms with Crippen LogP contribution in [0.25, 0.3) is 0 Å². The third-order valence-corrected chi connectivity index (χ3v) is 4.04. The molecule has 5 heteroatoms. The van der Waals surface area contributed by atoms with Crippen LogP contribution in [0.2, 0.25) is 0 Å². The Kier molecular flexibility index (Phi) is 3.55. The van der Waals surface area contributed by atoms with E-state index in [1.165, 1.54) is 25.7 Å². The summed E-state index contributed by atoms with van der Waals surface area (Å²) in [6, 6.07) is 2.25. The van der Waals surface area contributed by atoms with Gasteiger partial charge in [0.1, 0.15) is 11.6 Å². The number of rotatable bonds is 4. The molecule has 0 radical (unpaired) electrons. The molecule has 0 spiro atoms. The number of piperidine rings is 1. The molecule has 1 aliphatic carbocycles. The Bertz CT molecular complexity index is 488. The zero-order chi connectivity index (χ0) is 13.2. The highest BCUT2D eigenvalue weighted by Crippen LogP contribution is 2.31. The molecular weight excluding hydrogens is 240 g/mol. The molecule has 0 amide bonds. The lowest BCUT2D eigenvalue weighted by Gasteiger charge is -2.31. The second-order valence-corrected chi connectivity index (χ2v) is 5.77. The summed E-state index contributed by atoms with van der Waals surface area (Å²) in [5, 5.41) is 3.40. The van der Waals surface area contributed by atoms with Crippen LogP contribution in [0.3, 0.4) is 0 Å². The molecule has 1 aliphatic heterocycles. The summed E-state index contributed by atoms with van der Waals surface area (Å²) in [7, 11) is 0. The van der Waals surface area contributed by atoms with Crippen LogP contribution in [-0.4, -0.2) is 35.6 Å². The number of aromatic amines is 1. The summed E-state index contributed by atoms with van der Waals surface area (Å²) >= 11 is 0. The predicted molar refractivity (Wildman–Crippen MR) is 75.6 cm³/mol. The highest BCUT2D eigenvalue weighted by Gasteiger charge is 2.32. The maximum atomic E-state index is 11.6. The predicted octanol–water partition coefficient (Wildman–Crippen LogP) is 1.05. The molecule has 1 saturated heterocycles. The fourth-order valence-electron chi connectivity index (χ4n) is 2.87. The quantitative estimate of drug-likeness (QED) is 0.851. The van der Waals surface area contributed by atoms with E-state index in [9.17, 15) is 4.79 Å². The fraction of sp³-hybridized carbons (Fsp3) is 0.714. The maximum Gasteiger partial charge on any atom is 0.252 e. The summed E-state index contributed by atoms with van der Waals surface area (Å²) in [6.07, 6.45) is 4.92. The first kappa shape index (κ1) is 12.7. The van der Waals surface area contributed by atoms with E-state index in [1.54, 1.807) is 6.07 Å².